The SMILES string of the molecule is CC(C)OC1COB(c2ccccc2)O1. The van der Waals surface area contributed by atoms with Crippen molar-refractivity contribution in [3.63, 3.8) is 0 Å². The summed E-state index contributed by atoms with van der Waals surface area (Å²) >= 11 is 0. The van der Waals surface area contributed by atoms with E-state index in [0.717, 1.165) is 5.46 Å². The highest BCUT2D eigenvalue weighted by molar-refractivity contribution is 6.61. The molecule has 2 rings (SSSR count). The summed E-state index contributed by atoms with van der Waals surface area (Å²) in [5.74, 6) is 0. The molecule has 1 fully saturated rings. The minimum atomic E-state index is -0.282. The molecule has 80 valence electrons. The van der Waals surface area contributed by atoms with E-state index in [0.29, 0.717) is 6.61 Å². The van der Waals surface area contributed by atoms with Crippen molar-refractivity contribution in [1.82, 2.24) is 0 Å². The van der Waals surface area contributed by atoms with Gasteiger partial charge < -0.3 is 14.0 Å². The van der Waals surface area contributed by atoms with Crippen molar-refractivity contribution in [1.29, 1.82) is 0 Å². The van der Waals surface area contributed by atoms with Crippen LogP contribution in [0.3, 0.4) is 0 Å². The maximum Gasteiger partial charge on any atom is 0.495 e. The molecule has 1 atom stereocenters. The monoisotopic (exact) mass is 206 g/mol. The molecule has 0 amide bonds. The summed E-state index contributed by atoms with van der Waals surface area (Å²) < 4.78 is 16.6. The third-order valence-electron chi connectivity index (χ3n) is 2.15. The lowest BCUT2D eigenvalue weighted by atomic mass is 9.80. The van der Waals surface area contributed by atoms with E-state index in [1.807, 2.05) is 44.2 Å². The van der Waals surface area contributed by atoms with Crippen LogP contribution in [0.25, 0.3) is 0 Å². The van der Waals surface area contributed by atoms with Crippen molar-refractivity contribution in [2.75, 3.05) is 6.61 Å². The van der Waals surface area contributed by atoms with Crippen LogP contribution in [0.15, 0.2) is 30.3 Å². The highest BCUT2D eigenvalue weighted by Gasteiger charge is 2.33. The summed E-state index contributed by atoms with van der Waals surface area (Å²) in [7, 11) is -0.282. The van der Waals surface area contributed by atoms with Gasteiger partial charge in [-0.25, -0.2) is 0 Å². The van der Waals surface area contributed by atoms with Gasteiger partial charge in [-0.15, -0.1) is 0 Å². The third kappa shape index (κ3) is 2.81. The van der Waals surface area contributed by atoms with E-state index in [1.54, 1.807) is 0 Å². The summed E-state index contributed by atoms with van der Waals surface area (Å²) in [5.41, 5.74) is 1.03. The largest absolute Gasteiger partial charge is 0.495 e. The van der Waals surface area contributed by atoms with Crippen LogP contribution in [0, 0.1) is 0 Å². The lowest BCUT2D eigenvalue weighted by Crippen LogP contribution is -2.32. The predicted molar refractivity (Wildman–Crippen MR) is 58.9 cm³/mol. The maximum absolute atomic E-state index is 5.61. The fourth-order valence-corrected chi connectivity index (χ4v) is 1.54. The van der Waals surface area contributed by atoms with Gasteiger partial charge in [0.1, 0.15) is 0 Å². The molecule has 1 aliphatic heterocycles. The minimum absolute atomic E-state index is 0.160. The Morgan fingerprint density at radius 2 is 2.07 bits per heavy atom. The molecule has 1 aromatic carbocycles. The molecular formula is C11H15BO3. The molecule has 0 radical (unpaired) electrons. The van der Waals surface area contributed by atoms with E-state index in [2.05, 4.69) is 0 Å². The first-order valence-corrected chi connectivity index (χ1v) is 5.23. The van der Waals surface area contributed by atoms with Gasteiger partial charge in [-0.05, 0) is 19.3 Å². The van der Waals surface area contributed by atoms with E-state index in [1.165, 1.54) is 0 Å². The molecule has 1 unspecified atom stereocenters. The van der Waals surface area contributed by atoms with Crippen LogP contribution in [-0.4, -0.2) is 26.1 Å². The van der Waals surface area contributed by atoms with Gasteiger partial charge in [0, 0.05) is 0 Å². The Hall–Kier alpha value is -0.835. The number of ether oxygens (including phenoxy) is 1. The highest BCUT2D eigenvalue weighted by atomic mass is 16.8. The average Bonchev–Trinajstić information content (AvgIpc) is 2.67. The maximum atomic E-state index is 5.61. The Labute approximate surface area is 90.5 Å². The van der Waals surface area contributed by atoms with Gasteiger partial charge in [-0.3, -0.25) is 0 Å². The molecule has 0 aromatic heterocycles. The fraction of sp³-hybridized carbons (Fsp3) is 0.455. The molecule has 4 heteroatoms. The van der Waals surface area contributed by atoms with E-state index in [4.69, 9.17) is 14.0 Å². The van der Waals surface area contributed by atoms with Gasteiger partial charge in [0.05, 0.1) is 12.7 Å². The average molecular weight is 206 g/mol. The molecular weight excluding hydrogens is 191 g/mol. The van der Waals surface area contributed by atoms with Crippen molar-refractivity contribution in [3.8, 4) is 0 Å². The number of rotatable bonds is 3. The van der Waals surface area contributed by atoms with E-state index in [-0.39, 0.29) is 19.5 Å². The second kappa shape index (κ2) is 4.79. The normalized spacial score (nSPS) is 21.3. The van der Waals surface area contributed by atoms with Crippen molar-refractivity contribution in [2.45, 2.75) is 26.2 Å². The third-order valence-corrected chi connectivity index (χ3v) is 2.15. The van der Waals surface area contributed by atoms with Crippen LogP contribution in [-0.2, 0) is 14.0 Å². The van der Waals surface area contributed by atoms with Crippen LogP contribution in [0.1, 0.15) is 13.8 Å². The quantitative estimate of drug-likeness (QED) is 0.695. The van der Waals surface area contributed by atoms with Crippen LogP contribution in [0.4, 0.5) is 0 Å². The summed E-state index contributed by atoms with van der Waals surface area (Å²) in [6.45, 7) is 4.47. The molecule has 1 heterocycles. The molecule has 15 heavy (non-hydrogen) atoms. The molecule has 0 saturated carbocycles. The summed E-state index contributed by atoms with van der Waals surface area (Å²) in [4.78, 5) is 0. The van der Waals surface area contributed by atoms with E-state index in [9.17, 15) is 0 Å². The fourth-order valence-electron chi connectivity index (χ4n) is 1.54. The number of benzene rings is 1. The van der Waals surface area contributed by atoms with Crippen LogP contribution in [0.5, 0.6) is 0 Å². The van der Waals surface area contributed by atoms with Gasteiger partial charge in [-0.2, -0.15) is 0 Å². The Morgan fingerprint density at radius 1 is 1.33 bits per heavy atom. The van der Waals surface area contributed by atoms with Gasteiger partial charge >= 0.3 is 7.12 Å². The molecule has 0 N–H and O–H groups in total. The van der Waals surface area contributed by atoms with Crippen LogP contribution in [0.2, 0.25) is 0 Å². The smallest absolute Gasteiger partial charge is 0.402 e. The predicted octanol–water partition coefficient (Wildman–Crippen LogP) is 1.18. The summed E-state index contributed by atoms with van der Waals surface area (Å²) in [6, 6.07) is 9.89. The first-order chi connectivity index (χ1) is 7.25. The lowest BCUT2D eigenvalue weighted by Gasteiger charge is -2.13. The van der Waals surface area contributed by atoms with Gasteiger partial charge in [0.15, 0.2) is 6.29 Å². The zero-order valence-electron chi connectivity index (χ0n) is 9.05. The molecule has 0 bridgehead atoms. The van der Waals surface area contributed by atoms with Gasteiger partial charge in [0.2, 0.25) is 0 Å². The second-order valence-corrected chi connectivity index (χ2v) is 3.83. The molecule has 1 aromatic rings. The molecule has 1 saturated heterocycles. The molecule has 0 spiro atoms. The van der Waals surface area contributed by atoms with Crippen LogP contribution < -0.4 is 5.46 Å². The molecule has 0 aliphatic carbocycles. The molecule has 3 nitrogen and oxygen atoms in total. The topological polar surface area (TPSA) is 27.7 Å². The second-order valence-electron chi connectivity index (χ2n) is 3.83. The highest BCUT2D eigenvalue weighted by Crippen LogP contribution is 2.11. The summed E-state index contributed by atoms with van der Waals surface area (Å²) in [6.07, 6.45) is -0.0803. The Bertz CT molecular complexity index is 302. The first kappa shape index (κ1) is 10.7. The van der Waals surface area contributed by atoms with E-state index >= 15 is 0 Å². The zero-order valence-corrected chi connectivity index (χ0v) is 9.05. The lowest BCUT2D eigenvalue weighted by molar-refractivity contribution is -0.0967. The zero-order chi connectivity index (χ0) is 10.7. The van der Waals surface area contributed by atoms with E-state index < -0.39 is 0 Å². The van der Waals surface area contributed by atoms with Crippen molar-refractivity contribution >= 4 is 12.6 Å². The minimum Gasteiger partial charge on any atom is -0.402 e. The van der Waals surface area contributed by atoms with Crippen molar-refractivity contribution in [2.24, 2.45) is 0 Å². The standard InChI is InChI=1S/C11H15BO3/c1-9(2)14-11-8-13-12(15-11)10-6-4-3-5-7-10/h3-7,9,11H,8H2,1-2H3. The Kier molecular flexibility index (Phi) is 3.41. The first-order valence-electron chi connectivity index (χ1n) is 5.23. The Morgan fingerprint density at radius 3 is 2.73 bits per heavy atom. The Balaban J connectivity index is 1.93. The van der Waals surface area contributed by atoms with Crippen molar-refractivity contribution in [3.05, 3.63) is 30.3 Å². The summed E-state index contributed by atoms with van der Waals surface area (Å²) in [5, 5.41) is 0. The van der Waals surface area contributed by atoms with Gasteiger partial charge in [-0.1, -0.05) is 30.3 Å². The molecule has 1 aliphatic rings. The van der Waals surface area contributed by atoms with Crippen molar-refractivity contribution < 1.29 is 14.0 Å². The van der Waals surface area contributed by atoms with Gasteiger partial charge in [0.25, 0.3) is 0 Å². The number of hydrogen-bond acceptors (Lipinski definition) is 3. The van der Waals surface area contributed by atoms with Crippen LogP contribution >= 0.6 is 0 Å². The number of hydrogen-bond donors (Lipinski definition) is 0.